The third kappa shape index (κ3) is 6.17. The van der Waals surface area contributed by atoms with E-state index in [-0.39, 0.29) is 21.4 Å². The Balaban J connectivity index is 1.65. The fourth-order valence-electron chi connectivity index (χ4n) is 4.05. The molecule has 8 heteroatoms. The number of amides is 1. The van der Waals surface area contributed by atoms with Gasteiger partial charge in [-0.15, -0.1) is 0 Å². The highest BCUT2D eigenvalue weighted by Gasteiger charge is 2.26. The molecule has 0 aliphatic carbocycles. The van der Waals surface area contributed by atoms with Crippen molar-refractivity contribution in [3.63, 3.8) is 0 Å². The zero-order chi connectivity index (χ0) is 20.7. The first-order valence-corrected chi connectivity index (χ1v) is 12.6. The van der Waals surface area contributed by atoms with Crippen molar-refractivity contribution in [3.8, 4) is 0 Å². The lowest BCUT2D eigenvalue weighted by molar-refractivity contribution is 0.0948. The number of sulfonamides is 1. The maximum absolute atomic E-state index is 13.0. The van der Waals surface area contributed by atoms with E-state index in [2.05, 4.69) is 10.2 Å². The van der Waals surface area contributed by atoms with Gasteiger partial charge in [0.15, 0.2) is 0 Å². The second kappa shape index (κ2) is 10.8. The minimum absolute atomic E-state index is 0.140. The Hall–Kier alpha value is -1.15. The minimum atomic E-state index is -3.61. The Kier molecular flexibility index (Phi) is 8.35. The summed E-state index contributed by atoms with van der Waals surface area (Å²) in [4.78, 5) is 15.2. The summed E-state index contributed by atoms with van der Waals surface area (Å²) in [5, 5.41) is 3.17. The highest BCUT2D eigenvalue weighted by molar-refractivity contribution is 7.89. The van der Waals surface area contributed by atoms with Crippen molar-refractivity contribution in [3.05, 3.63) is 28.8 Å². The van der Waals surface area contributed by atoms with E-state index in [9.17, 15) is 13.2 Å². The molecule has 0 saturated carbocycles. The van der Waals surface area contributed by atoms with Gasteiger partial charge in [-0.3, -0.25) is 4.79 Å². The lowest BCUT2D eigenvalue weighted by Gasteiger charge is -2.21. The van der Waals surface area contributed by atoms with Crippen molar-refractivity contribution in [1.82, 2.24) is 14.5 Å². The maximum Gasteiger partial charge on any atom is 0.252 e. The minimum Gasteiger partial charge on any atom is -0.351 e. The number of carbonyl (C=O) groups excluding carboxylic acids is 1. The standard InChI is InChI=1S/C21H32ClN3O3S/c22-20-10-9-18(29(27,28)25-14-7-3-4-8-15-25)17-19(20)21(26)23-11-16-24-12-5-1-2-6-13-24/h9-10,17H,1-8,11-16H2,(H,23,26). The highest BCUT2D eigenvalue weighted by atomic mass is 35.5. The van der Waals surface area contributed by atoms with Crippen LogP contribution < -0.4 is 5.32 Å². The molecule has 1 aromatic carbocycles. The molecule has 0 spiro atoms. The van der Waals surface area contributed by atoms with Crippen molar-refractivity contribution in [2.24, 2.45) is 0 Å². The molecule has 2 heterocycles. The van der Waals surface area contributed by atoms with Crippen LogP contribution in [0.4, 0.5) is 0 Å². The van der Waals surface area contributed by atoms with Crippen LogP contribution in [0.3, 0.4) is 0 Å². The zero-order valence-corrected chi connectivity index (χ0v) is 18.6. The lowest BCUT2D eigenvalue weighted by atomic mass is 10.2. The van der Waals surface area contributed by atoms with Crippen LogP contribution in [0.15, 0.2) is 23.1 Å². The fraction of sp³-hybridized carbons (Fsp3) is 0.667. The van der Waals surface area contributed by atoms with Crippen LogP contribution in [-0.2, 0) is 10.0 Å². The molecule has 1 aromatic rings. The van der Waals surface area contributed by atoms with Crippen molar-refractivity contribution >= 4 is 27.5 Å². The largest absolute Gasteiger partial charge is 0.351 e. The molecule has 29 heavy (non-hydrogen) atoms. The van der Waals surface area contributed by atoms with Gasteiger partial charge in [0.25, 0.3) is 5.91 Å². The molecular weight excluding hydrogens is 410 g/mol. The number of nitrogens with zero attached hydrogens (tertiary/aromatic N) is 2. The maximum atomic E-state index is 13.0. The Morgan fingerprint density at radius 2 is 1.52 bits per heavy atom. The number of carbonyl (C=O) groups is 1. The topological polar surface area (TPSA) is 69.7 Å². The SMILES string of the molecule is O=C(NCCN1CCCCCC1)c1cc(S(=O)(=O)N2CCCCCC2)ccc1Cl. The number of hydrogen-bond donors (Lipinski definition) is 1. The molecule has 0 bridgehead atoms. The quantitative estimate of drug-likeness (QED) is 0.733. The number of likely N-dealkylation sites (tertiary alicyclic amines) is 1. The van der Waals surface area contributed by atoms with Crippen LogP contribution in [0, 0.1) is 0 Å². The van der Waals surface area contributed by atoms with Gasteiger partial charge in [0.1, 0.15) is 0 Å². The molecule has 2 aliphatic heterocycles. The molecule has 0 atom stereocenters. The van der Waals surface area contributed by atoms with E-state index in [0.717, 1.165) is 45.3 Å². The van der Waals surface area contributed by atoms with Gasteiger partial charge in [-0.2, -0.15) is 4.31 Å². The highest BCUT2D eigenvalue weighted by Crippen LogP contribution is 2.25. The predicted octanol–water partition coefficient (Wildman–Crippen LogP) is 3.51. The van der Waals surface area contributed by atoms with Crippen LogP contribution in [0.1, 0.15) is 61.7 Å². The molecule has 2 saturated heterocycles. The van der Waals surface area contributed by atoms with Gasteiger partial charge in [0.2, 0.25) is 10.0 Å². The molecule has 1 amide bonds. The van der Waals surface area contributed by atoms with Crippen LogP contribution in [0.25, 0.3) is 0 Å². The van der Waals surface area contributed by atoms with Gasteiger partial charge in [0, 0.05) is 26.2 Å². The Morgan fingerprint density at radius 1 is 0.931 bits per heavy atom. The Bertz CT molecular complexity index is 784. The summed E-state index contributed by atoms with van der Waals surface area (Å²) in [7, 11) is -3.61. The third-order valence-corrected chi connectivity index (χ3v) is 8.02. The van der Waals surface area contributed by atoms with E-state index in [4.69, 9.17) is 11.6 Å². The van der Waals surface area contributed by atoms with E-state index in [1.165, 1.54) is 48.2 Å². The number of rotatable bonds is 6. The summed E-state index contributed by atoms with van der Waals surface area (Å²) < 4.78 is 27.6. The van der Waals surface area contributed by atoms with Gasteiger partial charge in [-0.1, -0.05) is 37.3 Å². The van der Waals surface area contributed by atoms with Gasteiger partial charge < -0.3 is 10.2 Å². The number of halogens is 1. The van der Waals surface area contributed by atoms with Gasteiger partial charge in [-0.05, 0) is 57.0 Å². The molecule has 0 unspecified atom stereocenters. The molecule has 3 rings (SSSR count). The third-order valence-electron chi connectivity index (χ3n) is 5.80. The zero-order valence-electron chi connectivity index (χ0n) is 17.0. The van der Waals surface area contributed by atoms with Crippen molar-refractivity contribution in [2.45, 2.75) is 56.3 Å². The van der Waals surface area contributed by atoms with Crippen molar-refractivity contribution in [1.29, 1.82) is 0 Å². The summed E-state index contributed by atoms with van der Waals surface area (Å²) in [6.45, 7) is 4.53. The first kappa shape index (κ1) is 22.5. The van der Waals surface area contributed by atoms with Gasteiger partial charge in [-0.25, -0.2) is 8.42 Å². The number of nitrogens with one attached hydrogen (secondary N) is 1. The summed E-state index contributed by atoms with van der Waals surface area (Å²) in [6, 6.07) is 4.43. The van der Waals surface area contributed by atoms with Crippen LogP contribution in [0.5, 0.6) is 0 Å². The Labute approximate surface area is 179 Å². The summed E-state index contributed by atoms with van der Waals surface area (Å²) in [6.07, 6.45) is 8.81. The molecule has 2 fully saturated rings. The monoisotopic (exact) mass is 441 g/mol. The van der Waals surface area contributed by atoms with E-state index < -0.39 is 10.0 Å². The summed E-state index contributed by atoms with van der Waals surface area (Å²) >= 11 is 6.22. The van der Waals surface area contributed by atoms with Crippen LogP contribution in [-0.4, -0.2) is 62.8 Å². The average molecular weight is 442 g/mol. The molecule has 6 nitrogen and oxygen atoms in total. The van der Waals surface area contributed by atoms with Crippen LogP contribution >= 0.6 is 11.6 Å². The normalized spacial score (nSPS) is 20.0. The Morgan fingerprint density at radius 3 is 2.14 bits per heavy atom. The average Bonchev–Trinajstić information content (AvgIpc) is 3.13. The lowest BCUT2D eigenvalue weighted by Crippen LogP contribution is -2.35. The first-order valence-electron chi connectivity index (χ1n) is 10.8. The van der Waals surface area contributed by atoms with E-state index in [1.807, 2.05) is 0 Å². The fourth-order valence-corrected chi connectivity index (χ4v) is 5.80. The van der Waals surface area contributed by atoms with Gasteiger partial charge in [0.05, 0.1) is 15.5 Å². The molecule has 0 aromatic heterocycles. The molecule has 162 valence electrons. The number of hydrogen-bond acceptors (Lipinski definition) is 4. The van der Waals surface area contributed by atoms with E-state index in [1.54, 1.807) is 0 Å². The molecular formula is C21H32ClN3O3S. The molecule has 1 N–H and O–H groups in total. The van der Waals surface area contributed by atoms with E-state index >= 15 is 0 Å². The van der Waals surface area contributed by atoms with Crippen molar-refractivity contribution in [2.75, 3.05) is 39.3 Å². The summed E-state index contributed by atoms with van der Waals surface area (Å²) in [5.41, 5.74) is 0.221. The predicted molar refractivity (Wildman–Crippen MR) is 116 cm³/mol. The van der Waals surface area contributed by atoms with Gasteiger partial charge >= 0.3 is 0 Å². The first-order chi connectivity index (χ1) is 14.0. The number of benzene rings is 1. The van der Waals surface area contributed by atoms with Crippen molar-refractivity contribution < 1.29 is 13.2 Å². The smallest absolute Gasteiger partial charge is 0.252 e. The van der Waals surface area contributed by atoms with Crippen LogP contribution in [0.2, 0.25) is 5.02 Å². The van der Waals surface area contributed by atoms with E-state index in [0.29, 0.717) is 19.6 Å². The second-order valence-electron chi connectivity index (χ2n) is 7.97. The second-order valence-corrected chi connectivity index (χ2v) is 10.3. The molecule has 0 radical (unpaired) electrons. The summed E-state index contributed by atoms with van der Waals surface area (Å²) in [5.74, 6) is -0.322. The molecule has 2 aliphatic rings.